The average Bonchev–Trinajstić information content (AvgIpc) is 3.30. The lowest BCUT2D eigenvalue weighted by molar-refractivity contribution is 0.0749. The maximum absolute atomic E-state index is 13.2. The molecular formula is C22H26N4O2S. The number of hydrogen-bond donors (Lipinski definition) is 0. The smallest absolute Gasteiger partial charge is 0.255 e. The lowest BCUT2D eigenvalue weighted by atomic mass is 10.0. The minimum atomic E-state index is 0.106. The van der Waals surface area contributed by atoms with Crippen LogP contribution in [-0.4, -0.2) is 38.9 Å². The van der Waals surface area contributed by atoms with Crippen LogP contribution in [0.1, 0.15) is 50.4 Å². The molecule has 6 nitrogen and oxygen atoms in total. The summed E-state index contributed by atoms with van der Waals surface area (Å²) in [5.74, 6) is 0.998. The Morgan fingerprint density at radius 1 is 1.34 bits per heavy atom. The van der Waals surface area contributed by atoms with Gasteiger partial charge in [0, 0.05) is 48.2 Å². The minimum Gasteiger partial charge on any atom is -0.361 e. The molecule has 0 fully saturated rings. The van der Waals surface area contributed by atoms with E-state index in [1.165, 1.54) is 16.0 Å². The van der Waals surface area contributed by atoms with Crippen molar-refractivity contribution in [3.8, 4) is 0 Å². The lowest BCUT2D eigenvalue weighted by Crippen LogP contribution is -2.33. The second-order valence-corrected chi connectivity index (χ2v) is 8.42. The molecule has 0 spiro atoms. The summed E-state index contributed by atoms with van der Waals surface area (Å²) >= 11 is 1.70. The zero-order valence-electron chi connectivity index (χ0n) is 17.1. The fraction of sp³-hybridized carbons (Fsp3) is 0.409. The Morgan fingerprint density at radius 2 is 2.21 bits per heavy atom. The first-order valence-electron chi connectivity index (χ1n) is 9.99. The highest BCUT2D eigenvalue weighted by Gasteiger charge is 2.27. The molecule has 7 heteroatoms. The number of hydrogen-bond acceptors (Lipinski definition) is 6. The molecule has 0 atom stereocenters. The molecule has 1 amide bonds. The fourth-order valence-corrected chi connectivity index (χ4v) is 4.95. The van der Waals surface area contributed by atoms with Crippen molar-refractivity contribution in [2.75, 3.05) is 13.1 Å². The molecule has 0 unspecified atom stereocenters. The van der Waals surface area contributed by atoms with E-state index in [2.05, 4.69) is 15.0 Å². The van der Waals surface area contributed by atoms with Crippen molar-refractivity contribution < 1.29 is 9.32 Å². The van der Waals surface area contributed by atoms with Gasteiger partial charge in [-0.2, -0.15) is 0 Å². The van der Waals surface area contributed by atoms with E-state index in [1.807, 2.05) is 49.3 Å². The molecule has 0 bridgehead atoms. The van der Waals surface area contributed by atoms with Crippen LogP contribution in [0.15, 0.2) is 34.3 Å². The lowest BCUT2D eigenvalue weighted by Gasteiger charge is -2.28. The van der Waals surface area contributed by atoms with Gasteiger partial charge in [-0.25, -0.2) is 0 Å². The maximum Gasteiger partial charge on any atom is 0.255 e. The third kappa shape index (κ3) is 4.11. The molecule has 0 saturated carbocycles. The molecule has 1 aliphatic rings. The van der Waals surface area contributed by atoms with Gasteiger partial charge in [0.05, 0.1) is 23.5 Å². The van der Waals surface area contributed by atoms with Crippen LogP contribution in [-0.2, 0) is 26.1 Å². The van der Waals surface area contributed by atoms with E-state index in [9.17, 15) is 4.79 Å². The van der Waals surface area contributed by atoms with Crippen molar-refractivity contribution in [1.82, 2.24) is 19.9 Å². The summed E-state index contributed by atoms with van der Waals surface area (Å²) in [6, 6.07) is 5.82. The summed E-state index contributed by atoms with van der Waals surface area (Å²) in [7, 11) is 0. The number of aromatic nitrogens is 2. The number of thiophene rings is 1. The number of nitrogens with zero attached hydrogens (tertiary/aromatic N) is 4. The van der Waals surface area contributed by atoms with Crippen molar-refractivity contribution >= 4 is 17.2 Å². The van der Waals surface area contributed by atoms with E-state index in [0.717, 1.165) is 48.8 Å². The van der Waals surface area contributed by atoms with Crippen LogP contribution in [0.5, 0.6) is 0 Å². The standard InChI is InChI=1S/C22H26N4O2S/c1-4-26(11-17-7-5-6-9-23-17)22(27)20-14-29-21-13-25(10-8-18(20)21)12-19-15(2)24-28-16(19)3/h5-7,9,14H,4,8,10-13H2,1-3H3. The zero-order valence-corrected chi connectivity index (χ0v) is 18.0. The van der Waals surface area contributed by atoms with Crippen molar-refractivity contribution in [2.45, 2.75) is 46.8 Å². The van der Waals surface area contributed by atoms with Crippen LogP contribution < -0.4 is 0 Å². The van der Waals surface area contributed by atoms with E-state index < -0.39 is 0 Å². The quantitative estimate of drug-likeness (QED) is 0.615. The van der Waals surface area contributed by atoms with Gasteiger partial charge in [0.15, 0.2) is 0 Å². The van der Waals surface area contributed by atoms with Crippen molar-refractivity contribution in [3.05, 3.63) is 68.5 Å². The van der Waals surface area contributed by atoms with E-state index in [0.29, 0.717) is 13.1 Å². The first kappa shape index (κ1) is 19.8. The number of aryl methyl sites for hydroxylation is 2. The van der Waals surface area contributed by atoms with Gasteiger partial charge < -0.3 is 9.42 Å². The fourth-order valence-electron chi connectivity index (χ4n) is 3.83. The van der Waals surface area contributed by atoms with E-state index >= 15 is 0 Å². The molecule has 0 N–H and O–H groups in total. The Morgan fingerprint density at radius 3 is 2.90 bits per heavy atom. The second kappa shape index (κ2) is 8.47. The predicted molar refractivity (Wildman–Crippen MR) is 113 cm³/mol. The molecule has 3 aromatic rings. The highest BCUT2D eigenvalue weighted by atomic mass is 32.1. The van der Waals surface area contributed by atoms with Crippen LogP contribution in [0.25, 0.3) is 0 Å². The van der Waals surface area contributed by atoms with Gasteiger partial charge in [-0.3, -0.25) is 14.7 Å². The van der Waals surface area contributed by atoms with E-state index in [-0.39, 0.29) is 5.91 Å². The number of pyridine rings is 1. The molecule has 152 valence electrons. The summed E-state index contributed by atoms with van der Waals surface area (Å²) < 4.78 is 5.30. The van der Waals surface area contributed by atoms with Crippen molar-refractivity contribution in [1.29, 1.82) is 0 Å². The predicted octanol–water partition coefficient (Wildman–Crippen LogP) is 3.97. The molecule has 0 aliphatic carbocycles. The highest BCUT2D eigenvalue weighted by Crippen LogP contribution is 2.31. The monoisotopic (exact) mass is 410 g/mol. The van der Waals surface area contributed by atoms with Crippen molar-refractivity contribution in [3.63, 3.8) is 0 Å². The summed E-state index contributed by atoms with van der Waals surface area (Å²) in [5.41, 5.74) is 5.13. The molecule has 3 aromatic heterocycles. The second-order valence-electron chi connectivity index (χ2n) is 7.45. The van der Waals surface area contributed by atoms with Crippen molar-refractivity contribution in [2.24, 2.45) is 0 Å². The van der Waals surface area contributed by atoms with Gasteiger partial charge in [-0.15, -0.1) is 11.3 Å². The van der Waals surface area contributed by atoms with E-state index in [1.54, 1.807) is 17.5 Å². The van der Waals surface area contributed by atoms with Gasteiger partial charge in [-0.05, 0) is 44.9 Å². The number of rotatable bonds is 6. The highest BCUT2D eigenvalue weighted by molar-refractivity contribution is 7.10. The van der Waals surface area contributed by atoms with Gasteiger partial charge in [0.25, 0.3) is 5.91 Å². The summed E-state index contributed by atoms with van der Waals surface area (Å²) in [4.78, 5) is 23.2. The zero-order chi connectivity index (χ0) is 20.4. The van der Waals surface area contributed by atoms with E-state index in [4.69, 9.17) is 4.52 Å². The molecule has 0 aromatic carbocycles. The van der Waals surface area contributed by atoms with Crippen LogP contribution in [0.3, 0.4) is 0 Å². The Labute approximate surface area is 175 Å². The molecule has 1 aliphatic heterocycles. The molecule has 4 rings (SSSR count). The average molecular weight is 411 g/mol. The first-order chi connectivity index (χ1) is 14.1. The third-order valence-corrected chi connectivity index (χ3v) is 6.58. The van der Waals surface area contributed by atoms with Crippen LogP contribution in [0.2, 0.25) is 0 Å². The Kier molecular flexibility index (Phi) is 5.78. The normalized spacial score (nSPS) is 14.0. The minimum absolute atomic E-state index is 0.106. The Hall–Kier alpha value is -2.51. The largest absolute Gasteiger partial charge is 0.361 e. The molecule has 0 radical (unpaired) electrons. The number of carbonyl (C=O) groups is 1. The number of fused-ring (bicyclic) bond motifs is 1. The third-order valence-electron chi connectivity index (χ3n) is 5.57. The number of amides is 1. The van der Waals surface area contributed by atoms with Gasteiger partial charge in [-0.1, -0.05) is 11.2 Å². The van der Waals surface area contributed by atoms with Crippen LogP contribution in [0.4, 0.5) is 0 Å². The Bertz CT molecular complexity index is 976. The van der Waals surface area contributed by atoms with Gasteiger partial charge >= 0.3 is 0 Å². The Balaban J connectivity index is 1.48. The summed E-state index contributed by atoms with van der Waals surface area (Å²) in [5, 5.41) is 6.10. The molecule has 0 saturated heterocycles. The molecular weight excluding hydrogens is 384 g/mol. The molecule has 4 heterocycles. The maximum atomic E-state index is 13.2. The van der Waals surface area contributed by atoms with Crippen LogP contribution in [0, 0.1) is 13.8 Å². The van der Waals surface area contributed by atoms with Gasteiger partial charge in [0.2, 0.25) is 0 Å². The topological polar surface area (TPSA) is 62.5 Å². The number of carbonyl (C=O) groups excluding carboxylic acids is 1. The summed E-state index contributed by atoms with van der Waals surface area (Å²) in [6.45, 7) is 9.81. The summed E-state index contributed by atoms with van der Waals surface area (Å²) in [6.07, 6.45) is 2.66. The van der Waals surface area contributed by atoms with Gasteiger partial charge in [0.1, 0.15) is 5.76 Å². The first-order valence-corrected chi connectivity index (χ1v) is 10.9. The molecule has 29 heavy (non-hydrogen) atoms. The SMILES string of the molecule is CCN(Cc1ccccn1)C(=O)c1csc2c1CCN(Cc1c(C)noc1C)C2. The van der Waals surface area contributed by atoms with Crippen LogP contribution >= 0.6 is 11.3 Å².